The highest BCUT2D eigenvalue weighted by Crippen LogP contribution is 2.35. The van der Waals surface area contributed by atoms with Crippen molar-refractivity contribution >= 4 is 26.8 Å². The molecular formula is C13H12BrNO2. The molecule has 0 spiro atoms. The minimum atomic E-state index is 0.767. The van der Waals surface area contributed by atoms with Gasteiger partial charge in [-0.25, -0.2) is 4.98 Å². The molecule has 0 amide bonds. The topological polar surface area (TPSA) is 31.4 Å². The average molecular weight is 294 g/mol. The Morgan fingerprint density at radius 1 is 1.41 bits per heavy atom. The Hall–Kier alpha value is -1.29. The lowest BCUT2D eigenvalue weighted by atomic mass is 10.1. The van der Waals surface area contributed by atoms with Crippen LogP contribution in [0.1, 0.15) is 12.0 Å². The molecule has 1 aliphatic heterocycles. The van der Waals surface area contributed by atoms with Crippen molar-refractivity contribution in [1.82, 2.24) is 4.98 Å². The molecular weight excluding hydrogens is 282 g/mol. The molecule has 1 aromatic carbocycles. The Balaban J connectivity index is 2.26. The molecule has 3 nitrogen and oxygen atoms in total. The Bertz CT molecular complexity index is 583. The summed E-state index contributed by atoms with van der Waals surface area (Å²) in [6.45, 7) is 0.767. The van der Waals surface area contributed by atoms with E-state index in [0.717, 1.165) is 46.5 Å². The zero-order valence-electron chi connectivity index (χ0n) is 9.50. The Labute approximate surface area is 108 Å². The van der Waals surface area contributed by atoms with Gasteiger partial charge in [-0.3, -0.25) is 0 Å². The number of hydrogen-bond acceptors (Lipinski definition) is 3. The van der Waals surface area contributed by atoms with Crippen LogP contribution in [0.5, 0.6) is 11.6 Å². The van der Waals surface area contributed by atoms with Gasteiger partial charge in [0.05, 0.1) is 23.7 Å². The summed E-state index contributed by atoms with van der Waals surface area (Å²) in [4.78, 5) is 4.54. The zero-order chi connectivity index (χ0) is 11.8. The number of rotatable bonds is 1. The molecule has 17 heavy (non-hydrogen) atoms. The van der Waals surface area contributed by atoms with Crippen LogP contribution < -0.4 is 9.47 Å². The van der Waals surface area contributed by atoms with Crippen LogP contribution in [-0.2, 0) is 6.42 Å². The largest absolute Gasteiger partial charge is 0.496 e. The molecule has 1 aliphatic rings. The molecule has 0 atom stereocenters. The molecule has 0 fully saturated rings. The van der Waals surface area contributed by atoms with Gasteiger partial charge >= 0.3 is 0 Å². The standard InChI is InChI=1S/C13H12BrNO2/c1-16-11-5-4-10-9(12(11)14)7-8-3-2-6-17-13(8)15-10/h4-5,7H,2-3,6H2,1H3. The van der Waals surface area contributed by atoms with E-state index in [1.807, 2.05) is 12.1 Å². The summed E-state index contributed by atoms with van der Waals surface area (Å²) in [5, 5.41) is 1.08. The summed E-state index contributed by atoms with van der Waals surface area (Å²) < 4.78 is 11.8. The van der Waals surface area contributed by atoms with E-state index >= 15 is 0 Å². The predicted octanol–water partition coefficient (Wildman–Crippen LogP) is 3.33. The fourth-order valence-electron chi connectivity index (χ4n) is 2.11. The maximum absolute atomic E-state index is 5.57. The summed E-state index contributed by atoms with van der Waals surface area (Å²) in [5.74, 6) is 1.61. The van der Waals surface area contributed by atoms with Crippen molar-refractivity contribution in [3.8, 4) is 11.6 Å². The van der Waals surface area contributed by atoms with Crippen molar-refractivity contribution in [3.63, 3.8) is 0 Å². The molecule has 4 heteroatoms. The van der Waals surface area contributed by atoms with Crippen LogP contribution in [0.4, 0.5) is 0 Å². The van der Waals surface area contributed by atoms with Crippen LogP contribution in [0.15, 0.2) is 22.7 Å². The van der Waals surface area contributed by atoms with Crippen LogP contribution in [0, 0.1) is 0 Å². The normalized spacial score (nSPS) is 14.2. The molecule has 0 bridgehead atoms. The second kappa shape index (κ2) is 4.18. The molecule has 3 rings (SSSR count). The Morgan fingerprint density at radius 3 is 3.12 bits per heavy atom. The van der Waals surface area contributed by atoms with Gasteiger partial charge in [-0.15, -0.1) is 0 Å². The first-order valence-corrected chi connectivity index (χ1v) is 6.38. The van der Waals surface area contributed by atoms with E-state index in [1.165, 1.54) is 5.56 Å². The van der Waals surface area contributed by atoms with E-state index in [-0.39, 0.29) is 0 Å². The van der Waals surface area contributed by atoms with Crippen molar-refractivity contribution in [3.05, 3.63) is 28.2 Å². The van der Waals surface area contributed by atoms with E-state index in [9.17, 15) is 0 Å². The summed E-state index contributed by atoms with van der Waals surface area (Å²) in [5.41, 5.74) is 2.11. The van der Waals surface area contributed by atoms with Gasteiger partial charge in [0.1, 0.15) is 5.75 Å². The molecule has 0 aliphatic carbocycles. The van der Waals surface area contributed by atoms with Crippen molar-refractivity contribution < 1.29 is 9.47 Å². The number of nitrogens with zero attached hydrogens (tertiary/aromatic N) is 1. The number of benzene rings is 1. The first-order chi connectivity index (χ1) is 8.29. The third-order valence-corrected chi connectivity index (χ3v) is 3.80. The molecule has 2 aromatic rings. The molecule has 0 unspecified atom stereocenters. The van der Waals surface area contributed by atoms with E-state index < -0.39 is 0 Å². The van der Waals surface area contributed by atoms with Gasteiger partial charge in [0.15, 0.2) is 0 Å². The highest BCUT2D eigenvalue weighted by Gasteiger charge is 2.15. The quantitative estimate of drug-likeness (QED) is 0.808. The van der Waals surface area contributed by atoms with E-state index in [2.05, 4.69) is 27.0 Å². The first-order valence-electron chi connectivity index (χ1n) is 5.58. The lowest BCUT2D eigenvalue weighted by Gasteiger charge is -2.17. The lowest BCUT2D eigenvalue weighted by Crippen LogP contribution is -2.09. The lowest BCUT2D eigenvalue weighted by molar-refractivity contribution is 0.277. The Kier molecular flexibility index (Phi) is 2.67. The third kappa shape index (κ3) is 1.76. The van der Waals surface area contributed by atoms with E-state index in [4.69, 9.17) is 9.47 Å². The molecule has 88 valence electrons. The number of ether oxygens (including phenoxy) is 2. The number of fused-ring (bicyclic) bond motifs is 2. The zero-order valence-corrected chi connectivity index (χ0v) is 11.1. The van der Waals surface area contributed by atoms with Gasteiger partial charge in [0, 0.05) is 10.9 Å². The van der Waals surface area contributed by atoms with E-state index in [1.54, 1.807) is 7.11 Å². The van der Waals surface area contributed by atoms with Crippen LogP contribution in [0.25, 0.3) is 10.9 Å². The van der Waals surface area contributed by atoms with Crippen LogP contribution >= 0.6 is 15.9 Å². The molecule has 0 radical (unpaired) electrons. The van der Waals surface area contributed by atoms with Gasteiger partial charge in [0.2, 0.25) is 5.88 Å². The number of halogens is 1. The third-order valence-electron chi connectivity index (χ3n) is 2.99. The summed E-state index contributed by atoms with van der Waals surface area (Å²) in [7, 11) is 1.67. The van der Waals surface area contributed by atoms with Gasteiger partial charge < -0.3 is 9.47 Å². The number of aromatic nitrogens is 1. The Morgan fingerprint density at radius 2 is 2.29 bits per heavy atom. The first kappa shape index (κ1) is 10.8. The van der Waals surface area contributed by atoms with Crippen molar-refractivity contribution in [1.29, 1.82) is 0 Å². The predicted molar refractivity (Wildman–Crippen MR) is 69.8 cm³/mol. The van der Waals surface area contributed by atoms with Crippen molar-refractivity contribution in [2.45, 2.75) is 12.8 Å². The number of methoxy groups -OCH3 is 1. The van der Waals surface area contributed by atoms with Crippen LogP contribution in [0.2, 0.25) is 0 Å². The highest BCUT2D eigenvalue weighted by molar-refractivity contribution is 9.10. The second-order valence-corrected chi connectivity index (χ2v) is 4.85. The monoisotopic (exact) mass is 293 g/mol. The number of hydrogen-bond donors (Lipinski definition) is 0. The van der Waals surface area contributed by atoms with Crippen LogP contribution in [0.3, 0.4) is 0 Å². The molecule has 0 saturated carbocycles. The maximum atomic E-state index is 5.57. The summed E-state index contributed by atoms with van der Waals surface area (Å²) in [6.07, 6.45) is 2.09. The molecule has 0 saturated heterocycles. The van der Waals surface area contributed by atoms with Gasteiger partial charge in [0.25, 0.3) is 0 Å². The maximum Gasteiger partial charge on any atom is 0.217 e. The minimum absolute atomic E-state index is 0.767. The number of pyridine rings is 1. The van der Waals surface area contributed by atoms with Gasteiger partial charge in [-0.1, -0.05) is 0 Å². The molecule has 0 N–H and O–H groups in total. The summed E-state index contributed by atoms with van der Waals surface area (Å²) >= 11 is 3.56. The SMILES string of the molecule is COc1ccc2nc3c(cc2c1Br)CCCO3. The second-order valence-electron chi connectivity index (χ2n) is 4.05. The van der Waals surface area contributed by atoms with Crippen molar-refractivity contribution in [2.24, 2.45) is 0 Å². The van der Waals surface area contributed by atoms with Gasteiger partial charge in [-0.2, -0.15) is 0 Å². The smallest absolute Gasteiger partial charge is 0.217 e. The fraction of sp³-hybridized carbons (Fsp3) is 0.308. The summed E-state index contributed by atoms with van der Waals surface area (Å²) in [6, 6.07) is 6.01. The number of aryl methyl sites for hydroxylation is 1. The highest BCUT2D eigenvalue weighted by atomic mass is 79.9. The molecule has 1 aromatic heterocycles. The van der Waals surface area contributed by atoms with E-state index in [0.29, 0.717) is 0 Å². The van der Waals surface area contributed by atoms with Crippen LogP contribution in [-0.4, -0.2) is 18.7 Å². The molecule has 2 heterocycles. The van der Waals surface area contributed by atoms with Crippen molar-refractivity contribution in [2.75, 3.05) is 13.7 Å². The minimum Gasteiger partial charge on any atom is -0.496 e. The average Bonchev–Trinajstić information content (AvgIpc) is 2.37. The van der Waals surface area contributed by atoms with Gasteiger partial charge in [-0.05, 0) is 47.0 Å². The fourth-order valence-corrected chi connectivity index (χ4v) is 2.72.